The Kier molecular flexibility index (Phi) is 2.56. The third kappa shape index (κ3) is 1.72. The van der Waals surface area contributed by atoms with Crippen molar-refractivity contribution in [3.05, 3.63) is 30.1 Å². The van der Waals surface area contributed by atoms with Crippen LogP contribution in [0.1, 0.15) is 28.6 Å². The summed E-state index contributed by atoms with van der Waals surface area (Å²) in [6, 6.07) is 0.0434. The topological polar surface area (TPSA) is 88.9 Å². The van der Waals surface area contributed by atoms with Crippen LogP contribution in [0.15, 0.2) is 18.7 Å². The number of imidazole rings is 1. The molecule has 1 saturated heterocycles. The van der Waals surface area contributed by atoms with Gasteiger partial charge in [-0.2, -0.15) is 0 Å². The second-order valence-corrected chi connectivity index (χ2v) is 5.09. The molecule has 2 aromatic rings. The number of hydrogen-bond acceptors (Lipinski definition) is 5. The van der Waals surface area contributed by atoms with Crippen LogP contribution in [-0.4, -0.2) is 55.0 Å². The Morgan fingerprint density at radius 2 is 2.40 bits per heavy atom. The van der Waals surface area contributed by atoms with E-state index in [1.807, 2.05) is 9.58 Å². The predicted octanol–water partition coefficient (Wildman–Crippen LogP) is -0.0128. The van der Waals surface area contributed by atoms with Crippen molar-refractivity contribution in [2.45, 2.75) is 25.2 Å². The first-order valence-electron chi connectivity index (χ1n) is 6.61. The first-order chi connectivity index (χ1) is 9.83. The number of carbonyl (C=O) groups excluding carboxylic acids is 1. The fourth-order valence-corrected chi connectivity index (χ4v) is 2.91. The van der Waals surface area contributed by atoms with Gasteiger partial charge in [-0.05, 0) is 6.42 Å². The number of hydrogen-bond donors (Lipinski definition) is 1. The van der Waals surface area contributed by atoms with Gasteiger partial charge in [0, 0.05) is 13.1 Å². The van der Waals surface area contributed by atoms with Gasteiger partial charge in [0.25, 0.3) is 5.91 Å². The molecule has 0 aromatic carbocycles. The number of nitrogens with one attached hydrogen (secondary N) is 1. The molecule has 8 nitrogen and oxygen atoms in total. The van der Waals surface area contributed by atoms with Crippen LogP contribution >= 0.6 is 0 Å². The SMILES string of the molecule is O=C(c1cnc[nH]1)N1CC[C@H]2OCc3cnnn3[C@@H]2C1. The second-order valence-electron chi connectivity index (χ2n) is 5.09. The van der Waals surface area contributed by atoms with E-state index in [0.717, 1.165) is 12.1 Å². The van der Waals surface area contributed by atoms with Crippen molar-refractivity contribution in [3.8, 4) is 0 Å². The van der Waals surface area contributed by atoms with E-state index < -0.39 is 0 Å². The van der Waals surface area contributed by atoms with Gasteiger partial charge in [0.2, 0.25) is 0 Å². The zero-order valence-electron chi connectivity index (χ0n) is 10.8. The lowest BCUT2D eigenvalue weighted by molar-refractivity contribution is -0.0605. The maximum Gasteiger partial charge on any atom is 0.271 e. The summed E-state index contributed by atoms with van der Waals surface area (Å²) >= 11 is 0. The molecule has 4 rings (SSSR count). The Bertz CT molecular complexity index is 622. The summed E-state index contributed by atoms with van der Waals surface area (Å²) in [5, 5.41) is 8.05. The molecule has 2 aromatic heterocycles. The molecule has 4 heterocycles. The monoisotopic (exact) mass is 274 g/mol. The first-order valence-corrected chi connectivity index (χ1v) is 6.61. The number of amides is 1. The van der Waals surface area contributed by atoms with Gasteiger partial charge in [-0.3, -0.25) is 4.79 Å². The van der Waals surface area contributed by atoms with Gasteiger partial charge >= 0.3 is 0 Å². The molecule has 104 valence electrons. The number of nitrogens with zero attached hydrogens (tertiary/aromatic N) is 5. The Morgan fingerprint density at radius 1 is 1.45 bits per heavy atom. The van der Waals surface area contributed by atoms with Crippen molar-refractivity contribution in [2.24, 2.45) is 0 Å². The lowest BCUT2D eigenvalue weighted by Gasteiger charge is -2.40. The molecule has 8 heteroatoms. The van der Waals surface area contributed by atoms with E-state index in [2.05, 4.69) is 20.3 Å². The summed E-state index contributed by atoms with van der Waals surface area (Å²) in [6.45, 7) is 1.81. The number of piperidine rings is 1. The molecule has 0 radical (unpaired) electrons. The highest BCUT2D eigenvalue weighted by molar-refractivity contribution is 5.92. The molecule has 0 aliphatic carbocycles. The minimum atomic E-state index is -0.0341. The molecule has 1 amide bonds. The molecule has 2 aliphatic heterocycles. The average Bonchev–Trinajstić information content (AvgIpc) is 3.16. The number of ether oxygens (including phenoxy) is 1. The van der Waals surface area contributed by atoms with Crippen LogP contribution in [0, 0.1) is 0 Å². The lowest BCUT2D eigenvalue weighted by Crippen LogP contribution is -2.50. The summed E-state index contributed by atoms with van der Waals surface area (Å²) < 4.78 is 7.72. The molecule has 0 saturated carbocycles. The van der Waals surface area contributed by atoms with E-state index in [0.29, 0.717) is 25.4 Å². The second kappa shape index (κ2) is 4.41. The summed E-state index contributed by atoms with van der Waals surface area (Å²) in [5.41, 5.74) is 1.47. The van der Waals surface area contributed by atoms with Crippen molar-refractivity contribution < 1.29 is 9.53 Å². The molecule has 2 atom stereocenters. The van der Waals surface area contributed by atoms with Crippen molar-refractivity contribution in [3.63, 3.8) is 0 Å². The van der Waals surface area contributed by atoms with Gasteiger partial charge in [0.15, 0.2) is 0 Å². The van der Waals surface area contributed by atoms with Crippen LogP contribution in [0.25, 0.3) is 0 Å². The van der Waals surface area contributed by atoms with Gasteiger partial charge in [-0.15, -0.1) is 5.10 Å². The van der Waals surface area contributed by atoms with Crippen molar-refractivity contribution in [1.82, 2.24) is 29.9 Å². The zero-order valence-corrected chi connectivity index (χ0v) is 10.8. The smallest absolute Gasteiger partial charge is 0.271 e. The largest absolute Gasteiger partial charge is 0.370 e. The summed E-state index contributed by atoms with van der Waals surface area (Å²) in [6.07, 6.45) is 5.69. The predicted molar refractivity (Wildman–Crippen MR) is 66.7 cm³/mol. The van der Waals surface area contributed by atoms with Crippen molar-refractivity contribution in [1.29, 1.82) is 0 Å². The fraction of sp³-hybridized carbons (Fsp3) is 0.500. The van der Waals surface area contributed by atoms with E-state index in [1.54, 1.807) is 12.4 Å². The molecule has 2 aliphatic rings. The van der Waals surface area contributed by atoms with E-state index in [1.165, 1.54) is 6.33 Å². The standard InChI is InChI=1S/C12H14N6O2/c19-12(9-4-13-7-14-9)17-2-1-11-10(5-17)18-8(6-20-11)3-15-16-18/h3-4,7,10-11H,1-2,5-6H2,(H,13,14)/t10-,11-/m1/s1. The van der Waals surface area contributed by atoms with Gasteiger partial charge < -0.3 is 14.6 Å². The molecule has 1 N–H and O–H groups in total. The zero-order chi connectivity index (χ0) is 13.5. The Balaban J connectivity index is 1.58. The highest BCUT2D eigenvalue weighted by Crippen LogP contribution is 2.30. The third-order valence-corrected chi connectivity index (χ3v) is 3.94. The lowest BCUT2D eigenvalue weighted by atomic mass is 10.00. The van der Waals surface area contributed by atoms with E-state index >= 15 is 0 Å². The molecule has 0 bridgehead atoms. The number of aromatic nitrogens is 5. The van der Waals surface area contributed by atoms with Gasteiger partial charge in [-0.25, -0.2) is 9.67 Å². The minimum absolute atomic E-state index is 0.0341. The van der Waals surface area contributed by atoms with Crippen LogP contribution in [0.3, 0.4) is 0 Å². The molecule has 1 fully saturated rings. The minimum Gasteiger partial charge on any atom is -0.370 e. The van der Waals surface area contributed by atoms with Crippen molar-refractivity contribution >= 4 is 5.91 Å². The number of fused-ring (bicyclic) bond motifs is 3. The van der Waals surface area contributed by atoms with E-state index in [-0.39, 0.29) is 18.1 Å². The highest BCUT2D eigenvalue weighted by Gasteiger charge is 2.38. The Hall–Kier alpha value is -2.22. The van der Waals surface area contributed by atoms with Crippen LogP contribution in [0.2, 0.25) is 0 Å². The van der Waals surface area contributed by atoms with Gasteiger partial charge in [0.05, 0.1) is 43.2 Å². The maximum absolute atomic E-state index is 12.4. The summed E-state index contributed by atoms with van der Waals surface area (Å²) in [7, 11) is 0. The normalized spacial score (nSPS) is 25.1. The van der Waals surface area contributed by atoms with Gasteiger partial charge in [0.1, 0.15) is 5.69 Å². The first kappa shape index (κ1) is 11.6. The number of aromatic amines is 1. The van der Waals surface area contributed by atoms with Crippen LogP contribution in [0.4, 0.5) is 0 Å². The van der Waals surface area contributed by atoms with Crippen LogP contribution in [-0.2, 0) is 11.3 Å². The molecule has 20 heavy (non-hydrogen) atoms. The highest BCUT2D eigenvalue weighted by atomic mass is 16.5. The van der Waals surface area contributed by atoms with Crippen LogP contribution in [0.5, 0.6) is 0 Å². The Morgan fingerprint density at radius 3 is 3.25 bits per heavy atom. The average molecular weight is 274 g/mol. The van der Waals surface area contributed by atoms with Gasteiger partial charge in [-0.1, -0.05) is 5.21 Å². The molecular formula is C12H14N6O2. The summed E-state index contributed by atoms with van der Waals surface area (Å²) in [5.74, 6) is -0.0341. The van der Waals surface area contributed by atoms with Crippen LogP contribution < -0.4 is 0 Å². The van der Waals surface area contributed by atoms with E-state index in [4.69, 9.17) is 4.74 Å². The number of rotatable bonds is 1. The maximum atomic E-state index is 12.4. The fourth-order valence-electron chi connectivity index (χ4n) is 2.91. The number of H-pyrrole nitrogens is 1. The number of carbonyl (C=O) groups is 1. The third-order valence-electron chi connectivity index (χ3n) is 3.94. The summed E-state index contributed by atoms with van der Waals surface area (Å²) in [4.78, 5) is 20.9. The molecule has 0 unspecified atom stereocenters. The van der Waals surface area contributed by atoms with Crippen molar-refractivity contribution in [2.75, 3.05) is 13.1 Å². The number of likely N-dealkylation sites (tertiary alicyclic amines) is 1. The molecular weight excluding hydrogens is 260 g/mol. The quantitative estimate of drug-likeness (QED) is 0.790. The Labute approximate surface area is 114 Å². The van der Waals surface area contributed by atoms with E-state index in [9.17, 15) is 4.79 Å². The molecule has 0 spiro atoms.